The topological polar surface area (TPSA) is 24.5 Å². The lowest BCUT2D eigenvalue weighted by Crippen LogP contribution is -2.46. The Morgan fingerprint density at radius 3 is 2.32 bits per heavy atom. The maximum atomic E-state index is 5.57. The van der Waals surface area contributed by atoms with Crippen molar-refractivity contribution in [2.24, 2.45) is 0 Å². The molecular formula is C16H28N2O. The normalized spacial score (nSPS) is 11.9. The van der Waals surface area contributed by atoms with E-state index in [0.29, 0.717) is 0 Å². The van der Waals surface area contributed by atoms with Gasteiger partial charge in [0.1, 0.15) is 5.75 Å². The maximum absolute atomic E-state index is 5.57. The maximum Gasteiger partial charge on any atom is 0.119 e. The summed E-state index contributed by atoms with van der Waals surface area (Å²) in [4.78, 5) is 2.24. The molecule has 1 aromatic carbocycles. The van der Waals surface area contributed by atoms with Gasteiger partial charge in [0.2, 0.25) is 0 Å². The fraction of sp³-hybridized carbons (Fsp3) is 0.625. The first-order chi connectivity index (χ1) is 8.95. The summed E-state index contributed by atoms with van der Waals surface area (Å²) in [5.41, 5.74) is 1.46. The molecule has 0 unspecified atom stereocenters. The summed E-state index contributed by atoms with van der Waals surface area (Å²) < 4.78 is 5.57. The molecule has 0 aliphatic carbocycles. The van der Waals surface area contributed by atoms with Crippen LogP contribution in [0, 0.1) is 0 Å². The third-order valence-corrected chi connectivity index (χ3v) is 3.49. The Hall–Kier alpha value is -1.06. The molecular weight excluding hydrogens is 236 g/mol. The van der Waals surface area contributed by atoms with E-state index in [9.17, 15) is 0 Å². The number of likely N-dealkylation sites (N-methyl/N-ethyl adjacent to an activating group) is 1. The number of hydrogen-bond acceptors (Lipinski definition) is 3. The molecule has 0 saturated carbocycles. The predicted molar refractivity (Wildman–Crippen MR) is 81.7 cm³/mol. The van der Waals surface area contributed by atoms with Crippen molar-refractivity contribution >= 4 is 0 Å². The second-order valence-electron chi connectivity index (χ2n) is 5.80. The first-order valence-electron chi connectivity index (χ1n) is 7.05. The smallest absolute Gasteiger partial charge is 0.119 e. The fourth-order valence-electron chi connectivity index (χ4n) is 1.59. The zero-order valence-electron chi connectivity index (χ0n) is 13.0. The fourth-order valence-corrected chi connectivity index (χ4v) is 1.59. The minimum absolute atomic E-state index is 0.171. The van der Waals surface area contributed by atoms with Crippen molar-refractivity contribution in [1.82, 2.24) is 10.2 Å². The highest BCUT2D eigenvalue weighted by Gasteiger charge is 2.19. The minimum Gasteiger partial charge on any atom is -0.494 e. The number of nitrogens with zero attached hydrogens (tertiary/aromatic N) is 1. The van der Waals surface area contributed by atoms with Crippen LogP contribution in [0.4, 0.5) is 0 Å². The van der Waals surface area contributed by atoms with E-state index in [1.807, 2.05) is 12.1 Å². The van der Waals surface area contributed by atoms with Crippen LogP contribution >= 0.6 is 0 Å². The summed E-state index contributed by atoms with van der Waals surface area (Å²) in [5.74, 6) is 0.958. The van der Waals surface area contributed by atoms with Gasteiger partial charge < -0.3 is 15.0 Å². The van der Waals surface area contributed by atoms with Crippen LogP contribution in [0.5, 0.6) is 5.75 Å². The van der Waals surface area contributed by atoms with Crippen LogP contribution in [-0.2, 0) is 6.54 Å². The van der Waals surface area contributed by atoms with E-state index in [1.54, 1.807) is 0 Å². The number of hydrogen-bond donors (Lipinski definition) is 1. The lowest BCUT2D eigenvalue weighted by atomic mass is 10.0. The van der Waals surface area contributed by atoms with E-state index in [2.05, 4.69) is 57.2 Å². The van der Waals surface area contributed by atoms with Crippen LogP contribution in [0.2, 0.25) is 0 Å². The van der Waals surface area contributed by atoms with Gasteiger partial charge in [-0.15, -0.1) is 0 Å². The minimum atomic E-state index is 0.171. The molecule has 1 aromatic rings. The lowest BCUT2D eigenvalue weighted by Gasteiger charge is -2.32. The standard InChI is InChI=1S/C16H28N2O/c1-6-11-19-15-9-7-14(8-10-15)12-17-13-16(2,3)18(4)5/h7-10,17H,6,11-13H2,1-5H3. The Kier molecular flexibility index (Phi) is 6.32. The Labute approximate surface area is 118 Å². The molecule has 0 atom stereocenters. The number of rotatable bonds is 8. The third-order valence-electron chi connectivity index (χ3n) is 3.49. The van der Waals surface area contributed by atoms with Gasteiger partial charge in [0.25, 0.3) is 0 Å². The average Bonchev–Trinajstić information content (AvgIpc) is 2.37. The van der Waals surface area contributed by atoms with Crippen LogP contribution in [0.3, 0.4) is 0 Å². The van der Waals surface area contributed by atoms with E-state index >= 15 is 0 Å². The zero-order chi connectivity index (χ0) is 14.3. The number of benzene rings is 1. The van der Waals surface area contributed by atoms with E-state index in [1.165, 1.54) is 5.56 Å². The van der Waals surface area contributed by atoms with Crippen molar-refractivity contribution in [3.63, 3.8) is 0 Å². The molecule has 1 N–H and O–H groups in total. The molecule has 0 radical (unpaired) electrons. The van der Waals surface area contributed by atoms with Gasteiger partial charge in [-0.25, -0.2) is 0 Å². The molecule has 0 bridgehead atoms. The molecule has 19 heavy (non-hydrogen) atoms. The molecule has 1 rings (SSSR count). The van der Waals surface area contributed by atoms with Crippen molar-refractivity contribution < 1.29 is 4.74 Å². The van der Waals surface area contributed by atoms with Gasteiger partial charge in [0.15, 0.2) is 0 Å². The van der Waals surface area contributed by atoms with Crippen LogP contribution in [0.15, 0.2) is 24.3 Å². The lowest BCUT2D eigenvalue weighted by molar-refractivity contribution is 0.190. The zero-order valence-corrected chi connectivity index (χ0v) is 13.0. The van der Waals surface area contributed by atoms with Crippen molar-refractivity contribution in [1.29, 1.82) is 0 Å². The van der Waals surface area contributed by atoms with Gasteiger partial charge in [0.05, 0.1) is 6.61 Å². The average molecular weight is 264 g/mol. The number of ether oxygens (including phenoxy) is 1. The Balaban J connectivity index is 2.38. The quantitative estimate of drug-likeness (QED) is 0.781. The van der Waals surface area contributed by atoms with Crippen LogP contribution in [-0.4, -0.2) is 37.7 Å². The van der Waals surface area contributed by atoms with Crippen molar-refractivity contribution in [3.05, 3.63) is 29.8 Å². The molecule has 0 heterocycles. The Bertz CT molecular complexity index is 358. The summed E-state index contributed by atoms with van der Waals surface area (Å²) in [6.45, 7) is 9.24. The molecule has 108 valence electrons. The first-order valence-corrected chi connectivity index (χ1v) is 7.05. The van der Waals surface area contributed by atoms with Crippen LogP contribution in [0.25, 0.3) is 0 Å². The summed E-state index contributed by atoms with van der Waals surface area (Å²) >= 11 is 0. The van der Waals surface area contributed by atoms with Crippen molar-refractivity contribution in [3.8, 4) is 5.75 Å². The van der Waals surface area contributed by atoms with Gasteiger partial charge in [-0.3, -0.25) is 0 Å². The molecule has 0 saturated heterocycles. The largest absolute Gasteiger partial charge is 0.494 e. The summed E-state index contributed by atoms with van der Waals surface area (Å²) in [5, 5.41) is 3.50. The highest BCUT2D eigenvalue weighted by Crippen LogP contribution is 2.13. The summed E-state index contributed by atoms with van der Waals surface area (Å²) in [6, 6.07) is 8.34. The predicted octanol–water partition coefficient (Wildman–Crippen LogP) is 2.91. The Morgan fingerprint density at radius 2 is 1.79 bits per heavy atom. The Morgan fingerprint density at radius 1 is 1.16 bits per heavy atom. The highest BCUT2D eigenvalue weighted by atomic mass is 16.5. The van der Waals surface area contributed by atoms with Gasteiger partial charge in [-0.05, 0) is 52.1 Å². The van der Waals surface area contributed by atoms with Gasteiger partial charge in [-0.2, -0.15) is 0 Å². The molecule has 0 aliphatic rings. The van der Waals surface area contributed by atoms with Crippen molar-refractivity contribution in [2.75, 3.05) is 27.2 Å². The van der Waals surface area contributed by atoms with E-state index in [0.717, 1.165) is 31.9 Å². The summed E-state index contributed by atoms with van der Waals surface area (Å²) in [6.07, 6.45) is 1.04. The second-order valence-corrected chi connectivity index (χ2v) is 5.80. The van der Waals surface area contributed by atoms with E-state index < -0.39 is 0 Å². The second kappa shape index (κ2) is 7.51. The first kappa shape index (κ1) is 16.0. The highest BCUT2D eigenvalue weighted by molar-refractivity contribution is 5.27. The third kappa shape index (κ3) is 5.62. The number of nitrogens with one attached hydrogen (secondary N) is 1. The SMILES string of the molecule is CCCOc1ccc(CNCC(C)(C)N(C)C)cc1. The van der Waals surface area contributed by atoms with Crippen LogP contribution in [0.1, 0.15) is 32.8 Å². The molecule has 0 amide bonds. The molecule has 0 aromatic heterocycles. The summed E-state index contributed by atoms with van der Waals surface area (Å²) in [7, 11) is 4.23. The van der Waals surface area contributed by atoms with E-state index in [-0.39, 0.29) is 5.54 Å². The molecule has 0 spiro atoms. The van der Waals surface area contributed by atoms with Crippen LogP contribution < -0.4 is 10.1 Å². The van der Waals surface area contributed by atoms with Gasteiger partial charge in [0, 0.05) is 18.6 Å². The van der Waals surface area contributed by atoms with E-state index in [4.69, 9.17) is 4.74 Å². The molecule has 0 fully saturated rings. The molecule has 3 heteroatoms. The molecule has 0 aliphatic heterocycles. The monoisotopic (exact) mass is 264 g/mol. The van der Waals surface area contributed by atoms with Gasteiger partial charge in [-0.1, -0.05) is 19.1 Å². The van der Waals surface area contributed by atoms with Gasteiger partial charge >= 0.3 is 0 Å². The molecule has 3 nitrogen and oxygen atoms in total. The van der Waals surface area contributed by atoms with Crippen molar-refractivity contribution in [2.45, 2.75) is 39.3 Å².